The van der Waals surface area contributed by atoms with Crippen LogP contribution in [0.4, 0.5) is 5.69 Å². The maximum atomic E-state index is 12.4. The fraction of sp³-hybridized carbons (Fsp3) is 0.571. The molecular weight excluding hydrogens is 306 g/mol. The molecule has 0 bridgehead atoms. The van der Waals surface area contributed by atoms with Crippen molar-refractivity contribution in [2.75, 3.05) is 19.6 Å². The number of nitro groups is 1. The Bertz CT molecular complexity index is 672. The van der Waals surface area contributed by atoms with Crippen molar-refractivity contribution in [2.45, 2.75) is 30.2 Å². The molecule has 1 N–H and O–H groups in total. The number of nitro benzene ring substituents is 1. The number of sulfonamides is 1. The lowest BCUT2D eigenvalue weighted by molar-refractivity contribution is -0.387. The maximum Gasteiger partial charge on any atom is 0.289 e. The standard InChI is InChI=1S/C14H19N3O4S/c18-17(19)13-3-1-2-4-14(13)22(20,21)15-12-7-8-16(10-12)9-11-5-6-11/h1-4,11-12,15H,5-10H2. The lowest BCUT2D eigenvalue weighted by Gasteiger charge is -2.16. The van der Waals surface area contributed by atoms with Crippen molar-refractivity contribution in [3.63, 3.8) is 0 Å². The van der Waals surface area contributed by atoms with Gasteiger partial charge >= 0.3 is 0 Å². The van der Waals surface area contributed by atoms with Gasteiger partial charge in [-0.25, -0.2) is 13.1 Å². The van der Waals surface area contributed by atoms with Gasteiger partial charge in [0, 0.05) is 25.2 Å². The summed E-state index contributed by atoms with van der Waals surface area (Å²) in [5.41, 5.74) is -0.386. The zero-order valence-corrected chi connectivity index (χ0v) is 13.0. The first-order valence-electron chi connectivity index (χ1n) is 7.44. The molecule has 8 heteroatoms. The highest BCUT2D eigenvalue weighted by atomic mass is 32.2. The third kappa shape index (κ3) is 3.45. The van der Waals surface area contributed by atoms with Crippen LogP contribution in [0, 0.1) is 16.0 Å². The van der Waals surface area contributed by atoms with Crippen molar-refractivity contribution < 1.29 is 13.3 Å². The topological polar surface area (TPSA) is 92.5 Å². The average Bonchev–Trinajstić information content (AvgIpc) is 3.18. The van der Waals surface area contributed by atoms with Crippen LogP contribution < -0.4 is 4.72 Å². The Kier molecular flexibility index (Phi) is 4.16. The van der Waals surface area contributed by atoms with E-state index in [1.807, 2.05) is 0 Å². The molecule has 22 heavy (non-hydrogen) atoms. The molecule has 1 aliphatic carbocycles. The molecule has 120 valence electrons. The summed E-state index contributed by atoms with van der Waals surface area (Å²) < 4.78 is 27.5. The maximum absolute atomic E-state index is 12.4. The van der Waals surface area contributed by atoms with Crippen molar-refractivity contribution in [2.24, 2.45) is 5.92 Å². The predicted octanol–water partition coefficient (Wildman–Crippen LogP) is 1.36. The molecule has 0 amide bonds. The lowest BCUT2D eigenvalue weighted by Crippen LogP contribution is -2.37. The highest BCUT2D eigenvalue weighted by molar-refractivity contribution is 7.89. The fourth-order valence-electron chi connectivity index (χ4n) is 2.88. The van der Waals surface area contributed by atoms with Crippen LogP contribution in [-0.2, 0) is 10.0 Å². The molecule has 7 nitrogen and oxygen atoms in total. The average molecular weight is 325 g/mol. The van der Waals surface area contributed by atoms with Crippen LogP contribution in [-0.4, -0.2) is 43.9 Å². The molecule has 2 aliphatic rings. The molecule has 1 heterocycles. The number of hydrogen-bond acceptors (Lipinski definition) is 5. The van der Waals surface area contributed by atoms with E-state index in [4.69, 9.17) is 0 Å². The predicted molar refractivity (Wildman–Crippen MR) is 81.0 cm³/mol. The molecule has 1 saturated heterocycles. The minimum atomic E-state index is -3.87. The van der Waals surface area contributed by atoms with E-state index >= 15 is 0 Å². The van der Waals surface area contributed by atoms with Gasteiger partial charge in [-0.15, -0.1) is 0 Å². The molecule has 1 unspecified atom stereocenters. The first-order chi connectivity index (χ1) is 10.5. The van der Waals surface area contributed by atoms with E-state index in [9.17, 15) is 18.5 Å². The summed E-state index contributed by atoms with van der Waals surface area (Å²) in [6.07, 6.45) is 3.28. The second kappa shape index (κ2) is 5.94. The fourth-order valence-corrected chi connectivity index (χ4v) is 4.31. The highest BCUT2D eigenvalue weighted by Gasteiger charge is 2.33. The summed E-state index contributed by atoms with van der Waals surface area (Å²) in [7, 11) is -3.87. The summed E-state index contributed by atoms with van der Waals surface area (Å²) in [6.45, 7) is 2.58. The van der Waals surface area contributed by atoms with E-state index in [1.165, 1.54) is 37.1 Å². The normalized spacial score (nSPS) is 22.8. The van der Waals surface area contributed by atoms with Crippen LogP contribution in [0.25, 0.3) is 0 Å². The number of para-hydroxylation sites is 1. The first kappa shape index (κ1) is 15.4. The van der Waals surface area contributed by atoms with E-state index in [2.05, 4.69) is 9.62 Å². The second-order valence-electron chi connectivity index (χ2n) is 6.03. The quantitative estimate of drug-likeness (QED) is 0.630. The summed E-state index contributed by atoms with van der Waals surface area (Å²) in [4.78, 5) is 12.3. The van der Waals surface area contributed by atoms with E-state index in [0.717, 1.165) is 25.4 Å². The van der Waals surface area contributed by atoms with Crippen molar-refractivity contribution in [3.8, 4) is 0 Å². The smallest absolute Gasteiger partial charge is 0.289 e. The Hall–Kier alpha value is -1.51. The van der Waals surface area contributed by atoms with Gasteiger partial charge in [0.15, 0.2) is 4.90 Å². The third-order valence-electron chi connectivity index (χ3n) is 4.16. The van der Waals surface area contributed by atoms with E-state index in [1.54, 1.807) is 0 Å². The zero-order valence-electron chi connectivity index (χ0n) is 12.1. The molecule has 1 aromatic carbocycles. The highest BCUT2D eigenvalue weighted by Crippen LogP contribution is 2.31. The van der Waals surface area contributed by atoms with Gasteiger partial charge in [-0.2, -0.15) is 0 Å². The molecule has 1 atom stereocenters. The van der Waals surface area contributed by atoms with Gasteiger partial charge in [0.05, 0.1) is 4.92 Å². The number of nitrogens with zero attached hydrogens (tertiary/aromatic N) is 2. The van der Waals surface area contributed by atoms with Gasteiger partial charge in [0.25, 0.3) is 5.69 Å². The van der Waals surface area contributed by atoms with Gasteiger partial charge in [-0.3, -0.25) is 10.1 Å². The summed E-state index contributed by atoms with van der Waals surface area (Å²) >= 11 is 0. The Morgan fingerprint density at radius 2 is 2.00 bits per heavy atom. The molecule has 0 radical (unpaired) electrons. The monoisotopic (exact) mass is 325 g/mol. The molecule has 1 saturated carbocycles. The van der Waals surface area contributed by atoms with Crippen LogP contribution >= 0.6 is 0 Å². The molecular formula is C14H19N3O4S. The zero-order chi connectivity index (χ0) is 15.7. The number of hydrogen-bond donors (Lipinski definition) is 1. The minimum Gasteiger partial charge on any atom is -0.301 e. The third-order valence-corrected chi connectivity index (χ3v) is 5.73. The largest absolute Gasteiger partial charge is 0.301 e. The van der Waals surface area contributed by atoms with Crippen LogP contribution in [0.15, 0.2) is 29.2 Å². The molecule has 2 fully saturated rings. The van der Waals surface area contributed by atoms with Crippen LogP contribution in [0.2, 0.25) is 0 Å². The lowest BCUT2D eigenvalue weighted by atomic mass is 10.3. The molecule has 0 spiro atoms. The van der Waals surface area contributed by atoms with E-state index < -0.39 is 14.9 Å². The van der Waals surface area contributed by atoms with Crippen molar-refractivity contribution in [1.29, 1.82) is 0 Å². The Balaban J connectivity index is 1.70. The Morgan fingerprint density at radius 3 is 2.68 bits per heavy atom. The van der Waals surface area contributed by atoms with Gasteiger partial charge in [0.2, 0.25) is 10.0 Å². The van der Waals surface area contributed by atoms with Crippen molar-refractivity contribution in [1.82, 2.24) is 9.62 Å². The Morgan fingerprint density at radius 1 is 1.27 bits per heavy atom. The number of likely N-dealkylation sites (tertiary alicyclic amines) is 1. The van der Waals surface area contributed by atoms with E-state index in [0.29, 0.717) is 6.54 Å². The van der Waals surface area contributed by atoms with Gasteiger partial charge in [-0.05, 0) is 37.8 Å². The molecule has 3 rings (SSSR count). The van der Waals surface area contributed by atoms with Crippen LogP contribution in [0.1, 0.15) is 19.3 Å². The summed E-state index contributed by atoms with van der Waals surface area (Å²) in [5, 5.41) is 11.0. The van der Waals surface area contributed by atoms with Gasteiger partial charge < -0.3 is 4.90 Å². The van der Waals surface area contributed by atoms with Gasteiger partial charge in [0.1, 0.15) is 0 Å². The van der Waals surface area contributed by atoms with E-state index in [-0.39, 0.29) is 16.6 Å². The number of benzene rings is 1. The summed E-state index contributed by atoms with van der Waals surface area (Å²) in [5.74, 6) is 0.769. The number of nitrogens with one attached hydrogen (secondary N) is 1. The minimum absolute atomic E-state index is 0.177. The van der Waals surface area contributed by atoms with Crippen LogP contribution in [0.5, 0.6) is 0 Å². The second-order valence-corrected chi connectivity index (χ2v) is 7.72. The number of rotatable bonds is 6. The van der Waals surface area contributed by atoms with Gasteiger partial charge in [-0.1, -0.05) is 12.1 Å². The Labute approximate surface area is 129 Å². The molecule has 1 aromatic rings. The molecule has 0 aromatic heterocycles. The molecule has 1 aliphatic heterocycles. The van der Waals surface area contributed by atoms with Crippen molar-refractivity contribution in [3.05, 3.63) is 34.4 Å². The SMILES string of the molecule is O=[N+]([O-])c1ccccc1S(=O)(=O)NC1CCN(CC2CC2)C1. The summed E-state index contributed by atoms with van der Waals surface area (Å²) in [6, 6.07) is 5.27. The first-order valence-corrected chi connectivity index (χ1v) is 8.92. The van der Waals surface area contributed by atoms with Crippen LogP contribution in [0.3, 0.4) is 0 Å². The van der Waals surface area contributed by atoms with Crippen molar-refractivity contribution >= 4 is 15.7 Å².